The molecule has 1 aliphatic heterocycles. The smallest absolute Gasteiger partial charge is 0.348 e. The molecule has 1 fully saturated rings. The second kappa shape index (κ2) is 7.12. The SMILES string of the molecule is CCOC(=O)c1sc(N)c(C#N)c1CN1C[C@H](C)C[C@@H](C)C1. The fraction of sp³-hybridized carbons (Fsp3) is 0.625. The number of hydrogen-bond acceptors (Lipinski definition) is 6. The number of anilines is 1. The number of rotatable bonds is 4. The molecule has 0 saturated carbocycles. The summed E-state index contributed by atoms with van der Waals surface area (Å²) in [7, 11) is 0. The highest BCUT2D eigenvalue weighted by molar-refractivity contribution is 7.18. The van der Waals surface area contributed by atoms with Crippen LogP contribution in [0.25, 0.3) is 0 Å². The molecule has 5 nitrogen and oxygen atoms in total. The molecule has 0 aromatic carbocycles. The molecule has 1 saturated heterocycles. The quantitative estimate of drug-likeness (QED) is 0.863. The summed E-state index contributed by atoms with van der Waals surface area (Å²) in [6, 6.07) is 2.14. The molecule has 2 rings (SSSR count). The van der Waals surface area contributed by atoms with E-state index in [9.17, 15) is 10.1 Å². The van der Waals surface area contributed by atoms with Gasteiger partial charge in [-0.3, -0.25) is 4.90 Å². The Hall–Kier alpha value is -1.58. The molecule has 22 heavy (non-hydrogen) atoms. The zero-order valence-corrected chi connectivity index (χ0v) is 14.2. The lowest BCUT2D eigenvalue weighted by Gasteiger charge is -2.35. The number of esters is 1. The number of likely N-dealkylation sites (tertiary alicyclic amines) is 1. The van der Waals surface area contributed by atoms with Gasteiger partial charge in [0.1, 0.15) is 15.9 Å². The third-order valence-electron chi connectivity index (χ3n) is 3.93. The highest BCUT2D eigenvalue weighted by atomic mass is 32.1. The largest absolute Gasteiger partial charge is 0.462 e. The van der Waals surface area contributed by atoms with Gasteiger partial charge in [-0.15, -0.1) is 11.3 Å². The summed E-state index contributed by atoms with van der Waals surface area (Å²) >= 11 is 1.16. The molecule has 1 aliphatic rings. The average molecular weight is 321 g/mol. The number of nitrogens with two attached hydrogens (primary N) is 1. The summed E-state index contributed by atoms with van der Waals surface area (Å²) in [5, 5.41) is 9.77. The summed E-state index contributed by atoms with van der Waals surface area (Å²) in [4.78, 5) is 14.9. The Kier molecular flexibility index (Phi) is 5.43. The van der Waals surface area contributed by atoms with Crippen LogP contribution in [-0.2, 0) is 11.3 Å². The number of thiophene rings is 1. The van der Waals surface area contributed by atoms with Crippen molar-refractivity contribution >= 4 is 22.3 Å². The molecule has 0 bridgehead atoms. The predicted molar refractivity (Wildman–Crippen MR) is 87.6 cm³/mol. The van der Waals surface area contributed by atoms with E-state index in [1.807, 2.05) is 0 Å². The van der Waals surface area contributed by atoms with Crippen LogP contribution in [0.2, 0.25) is 0 Å². The topological polar surface area (TPSA) is 79.3 Å². The number of hydrogen-bond donors (Lipinski definition) is 1. The molecule has 0 spiro atoms. The number of carbonyl (C=O) groups excluding carboxylic acids is 1. The molecule has 1 aromatic heterocycles. The van der Waals surface area contributed by atoms with Crippen molar-refractivity contribution < 1.29 is 9.53 Å². The lowest BCUT2D eigenvalue weighted by molar-refractivity contribution is 0.0528. The van der Waals surface area contributed by atoms with Crippen molar-refractivity contribution in [1.82, 2.24) is 4.90 Å². The summed E-state index contributed by atoms with van der Waals surface area (Å²) in [6.07, 6.45) is 1.22. The first-order valence-electron chi connectivity index (χ1n) is 7.66. The second-order valence-electron chi connectivity index (χ2n) is 6.12. The lowest BCUT2D eigenvalue weighted by atomic mass is 9.91. The van der Waals surface area contributed by atoms with Crippen LogP contribution in [0.5, 0.6) is 0 Å². The Morgan fingerprint density at radius 3 is 2.64 bits per heavy atom. The van der Waals surface area contributed by atoms with Gasteiger partial charge in [-0.25, -0.2) is 4.79 Å². The third kappa shape index (κ3) is 3.60. The molecule has 2 heterocycles. The van der Waals surface area contributed by atoms with E-state index < -0.39 is 0 Å². The Morgan fingerprint density at radius 1 is 1.45 bits per heavy atom. The van der Waals surface area contributed by atoms with Crippen molar-refractivity contribution in [2.75, 3.05) is 25.4 Å². The van der Waals surface area contributed by atoms with Gasteiger partial charge in [-0.05, 0) is 25.2 Å². The van der Waals surface area contributed by atoms with Crippen LogP contribution in [0, 0.1) is 23.2 Å². The minimum atomic E-state index is -0.381. The Labute approximate surface area is 135 Å². The molecule has 6 heteroatoms. The van der Waals surface area contributed by atoms with Gasteiger partial charge in [0.15, 0.2) is 0 Å². The summed E-state index contributed by atoms with van der Waals surface area (Å²) in [5.41, 5.74) is 7.07. The summed E-state index contributed by atoms with van der Waals surface area (Å²) in [5.74, 6) is 0.862. The van der Waals surface area contributed by atoms with E-state index in [-0.39, 0.29) is 5.97 Å². The van der Waals surface area contributed by atoms with Gasteiger partial charge in [0.2, 0.25) is 0 Å². The van der Waals surface area contributed by atoms with Crippen molar-refractivity contribution in [3.05, 3.63) is 16.0 Å². The zero-order chi connectivity index (χ0) is 16.3. The van der Waals surface area contributed by atoms with Crippen molar-refractivity contribution in [3.8, 4) is 6.07 Å². The Balaban J connectivity index is 2.28. The molecule has 0 amide bonds. The van der Waals surface area contributed by atoms with E-state index in [0.717, 1.165) is 30.0 Å². The minimum absolute atomic E-state index is 0.315. The maximum absolute atomic E-state index is 12.1. The standard InChI is InChI=1S/C16H23N3O2S/c1-4-21-16(20)14-13(12(6-17)15(18)22-14)9-19-7-10(2)5-11(3)8-19/h10-11H,4-5,7-9,18H2,1-3H3/t10-,11-/m1/s1. The first-order chi connectivity index (χ1) is 10.5. The van der Waals surface area contributed by atoms with Crippen LogP contribution in [-0.4, -0.2) is 30.6 Å². The molecule has 1 aromatic rings. The van der Waals surface area contributed by atoms with Crippen molar-refractivity contribution in [2.45, 2.75) is 33.7 Å². The summed E-state index contributed by atoms with van der Waals surface area (Å²) < 4.78 is 5.10. The maximum atomic E-state index is 12.1. The number of piperidine rings is 1. The number of carbonyl (C=O) groups is 1. The molecule has 0 radical (unpaired) electrons. The van der Waals surface area contributed by atoms with E-state index in [1.54, 1.807) is 6.92 Å². The van der Waals surface area contributed by atoms with Crippen LogP contribution in [0.4, 0.5) is 5.00 Å². The molecule has 0 aliphatic carbocycles. The van der Waals surface area contributed by atoms with E-state index in [4.69, 9.17) is 10.5 Å². The first-order valence-corrected chi connectivity index (χ1v) is 8.48. The fourth-order valence-corrected chi connectivity index (χ4v) is 4.19. The van der Waals surface area contributed by atoms with Crippen molar-refractivity contribution in [1.29, 1.82) is 5.26 Å². The number of nitriles is 1. The molecular weight excluding hydrogens is 298 g/mol. The lowest BCUT2D eigenvalue weighted by Crippen LogP contribution is -2.38. The predicted octanol–water partition coefficient (Wildman–Crippen LogP) is 2.86. The number of nitrogens with zero attached hydrogens (tertiary/aromatic N) is 2. The van der Waals surface area contributed by atoms with E-state index in [1.165, 1.54) is 6.42 Å². The molecule has 2 atom stereocenters. The highest BCUT2D eigenvalue weighted by Crippen LogP contribution is 2.33. The first kappa shape index (κ1) is 16.8. The van der Waals surface area contributed by atoms with Crippen LogP contribution < -0.4 is 5.73 Å². The van der Waals surface area contributed by atoms with Gasteiger partial charge in [0.25, 0.3) is 0 Å². The van der Waals surface area contributed by atoms with Gasteiger partial charge < -0.3 is 10.5 Å². The van der Waals surface area contributed by atoms with Crippen LogP contribution in [0.15, 0.2) is 0 Å². The highest BCUT2D eigenvalue weighted by Gasteiger charge is 2.27. The fourth-order valence-electron chi connectivity index (χ4n) is 3.26. The van der Waals surface area contributed by atoms with Gasteiger partial charge in [0.05, 0.1) is 12.2 Å². The number of ether oxygens (including phenoxy) is 1. The zero-order valence-electron chi connectivity index (χ0n) is 13.4. The number of nitrogen functional groups attached to an aromatic ring is 1. The average Bonchev–Trinajstić information content (AvgIpc) is 2.74. The van der Waals surface area contributed by atoms with Gasteiger partial charge in [0, 0.05) is 25.2 Å². The Morgan fingerprint density at radius 2 is 2.09 bits per heavy atom. The van der Waals surface area contributed by atoms with Gasteiger partial charge >= 0.3 is 5.97 Å². The molecule has 120 valence electrons. The van der Waals surface area contributed by atoms with Crippen LogP contribution in [0.1, 0.15) is 48.0 Å². The van der Waals surface area contributed by atoms with Crippen LogP contribution in [0.3, 0.4) is 0 Å². The maximum Gasteiger partial charge on any atom is 0.348 e. The molecule has 0 unspecified atom stereocenters. The van der Waals surface area contributed by atoms with E-state index in [0.29, 0.717) is 40.4 Å². The third-order valence-corrected chi connectivity index (χ3v) is 4.97. The Bertz CT molecular complexity index is 581. The molecular formula is C16H23N3O2S. The van der Waals surface area contributed by atoms with Crippen LogP contribution >= 0.6 is 11.3 Å². The second-order valence-corrected chi connectivity index (χ2v) is 7.17. The normalized spacial score (nSPS) is 22.3. The van der Waals surface area contributed by atoms with E-state index >= 15 is 0 Å². The van der Waals surface area contributed by atoms with Crippen molar-refractivity contribution in [2.24, 2.45) is 11.8 Å². The van der Waals surface area contributed by atoms with Crippen molar-refractivity contribution in [3.63, 3.8) is 0 Å². The van der Waals surface area contributed by atoms with Gasteiger partial charge in [-0.2, -0.15) is 5.26 Å². The monoisotopic (exact) mass is 321 g/mol. The minimum Gasteiger partial charge on any atom is -0.462 e. The van der Waals surface area contributed by atoms with Gasteiger partial charge in [-0.1, -0.05) is 13.8 Å². The van der Waals surface area contributed by atoms with E-state index in [2.05, 4.69) is 24.8 Å². The molecule has 2 N–H and O–H groups in total. The summed E-state index contributed by atoms with van der Waals surface area (Å²) in [6.45, 7) is 9.10.